The van der Waals surface area contributed by atoms with E-state index in [0.717, 1.165) is 22.3 Å². The number of likely N-dealkylation sites (tertiary alicyclic amines) is 2. The van der Waals surface area contributed by atoms with Crippen LogP contribution in [0, 0.1) is 0 Å². The van der Waals surface area contributed by atoms with Crippen LogP contribution in [0.1, 0.15) is 54.0 Å². The van der Waals surface area contributed by atoms with Crippen molar-refractivity contribution in [3.63, 3.8) is 0 Å². The SMILES string of the molecule is CN(C(=O)N1CCC(O)(Cn2cnc3cc(Cl)ccc3c2=O)CC1)[C@H](Cc1cccc(CN(Cc2ccccc2)C(=O)N2CCC(O)(Cn3cnc4cc(Cl)ccc4c3=O)CC2)c1)c1ccccc1. The molecule has 69 heavy (non-hydrogen) atoms. The average molecular weight is 970 g/mol. The molecule has 2 N–H and O–H groups in total. The van der Waals surface area contributed by atoms with Crippen molar-refractivity contribution in [3.8, 4) is 0 Å². The molecule has 2 aromatic heterocycles. The Bertz CT molecular complexity index is 3100. The van der Waals surface area contributed by atoms with Crippen LogP contribution in [-0.4, -0.2) is 105 Å². The molecule has 2 saturated heterocycles. The molecule has 2 aliphatic heterocycles. The molecule has 7 aromatic rings. The van der Waals surface area contributed by atoms with Crippen LogP contribution in [-0.2, 0) is 32.6 Å². The van der Waals surface area contributed by atoms with E-state index >= 15 is 0 Å². The first-order valence-electron chi connectivity index (χ1n) is 23.2. The summed E-state index contributed by atoms with van der Waals surface area (Å²) in [4.78, 5) is 71.3. The van der Waals surface area contributed by atoms with Gasteiger partial charge in [-0.2, -0.15) is 0 Å². The van der Waals surface area contributed by atoms with Crippen molar-refractivity contribution in [1.29, 1.82) is 0 Å². The smallest absolute Gasteiger partial charge is 0.320 e. The minimum atomic E-state index is -1.21. The highest BCUT2D eigenvalue weighted by atomic mass is 35.5. The number of nitrogens with zero attached hydrogens (tertiary/aromatic N) is 8. The van der Waals surface area contributed by atoms with Crippen LogP contribution >= 0.6 is 23.2 Å². The lowest BCUT2D eigenvalue weighted by Gasteiger charge is -2.41. The van der Waals surface area contributed by atoms with Crippen molar-refractivity contribution in [2.75, 3.05) is 33.2 Å². The Hall–Kier alpha value is -6.58. The Morgan fingerprint density at radius 2 is 1.07 bits per heavy atom. The second-order valence-electron chi connectivity index (χ2n) is 18.6. The molecular weight excluding hydrogens is 916 g/mol. The first kappa shape index (κ1) is 47.5. The fraction of sp³-hybridized carbons (Fsp3) is 0.321. The van der Waals surface area contributed by atoms with E-state index in [1.807, 2.05) is 90.8 Å². The van der Waals surface area contributed by atoms with Crippen LogP contribution in [0.3, 0.4) is 0 Å². The number of rotatable bonds is 12. The van der Waals surface area contributed by atoms with Crippen molar-refractivity contribution in [1.82, 2.24) is 38.7 Å². The minimum absolute atomic E-state index is 0.0529. The van der Waals surface area contributed by atoms with Gasteiger partial charge in [0.2, 0.25) is 0 Å². The molecule has 0 bridgehead atoms. The van der Waals surface area contributed by atoms with Crippen LogP contribution in [0.2, 0.25) is 10.0 Å². The molecule has 2 aliphatic rings. The fourth-order valence-corrected chi connectivity index (χ4v) is 10.0. The van der Waals surface area contributed by atoms with Gasteiger partial charge in [-0.25, -0.2) is 19.6 Å². The van der Waals surface area contributed by atoms with E-state index < -0.39 is 11.2 Å². The molecule has 0 aliphatic carbocycles. The van der Waals surface area contributed by atoms with Gasteiger partial charge in [-0.05, 0) is 90.8 Å². The van der Waals surface area contributed by atoms with E-state index in [9.17, 15) is 29.4 Å². The number of fused-ring (bicyclic) bond motifs is 2. The maximum atomic E-state index is 14.5. The number of carbonyl (C=O) groups is 2. The molecule has 5 aromatic carbocycles. The third-order valence-corrected chi connectivity index (χ3v) is 14.1. The quantitative estimate of drug-likeness (QED) is 0.125. The van der Waals surface area contributed by atoms with E-state index in [4.69, 9.17) is 23.2 Å². The summed E-state index contributed by atoms with van der Waals surface area (Å²) in [5.41, 5.74) is 1.90. The van der Waals surface area contributed by atoms with Crippen molar-refractivity contribution in [2.45, 2.75) is 75.5 Å². The van der Waals surface area contributed by atoms with Crippen LogP contribution < -0.4 is 11.1 Å². The van der Waals surface area contributed by atoms with E-state index in [1.165, 1.54) is 21.8 Å². The predicted octanol–water partition coefficient (Wildman–Crippen LogP) is 7.93. The Kier molecular flexibility index (Phi) is 13.9. The van der Waals surface area contributed by atoms with Crippen LogP contribution in [0.25, 0.3) is 21.8 Å². The van der Waals surface area contributed by atoms with E-state index in [2.05, 4.69) is 16.0 Å². The second kappa shape index (κ2) is 20.2. The molecule has 4 heterocycles. The summed E-state index contributed by atoms with van der Waals surface area (Å²) in [5.74, 6) is 0. The Balaban J connectivity index is 0.870. The summed E-state index contributed by atoms with van der Waals surface area (Å²) < 4.78 is 2.86. The standard InChI is InChI=1S/C53H54Cl2N8O6/c1-58(50(66)59-23-19-52(68,20-24-59)33-62-35-56-45-29-41(54)15-17-43(45)48(62)64)47(40-13-6-3-7-14-40)28-38-11-8-12-39(27-38)32-61(31-37-9-4-2-5-10-37)51(67)60-25-21-53(69,22-26-60)34-63-36-57-46-30-42(55)16-18-44(46)49(63)65/h2-18,27,29-30,35-36,47,68-69H,19-26,28,31-34H2,1H3/t47-/m1/s1. The topological polar surface area (TPSA) is 157 Å². The number of hydrogen-bond acceptors (Lipinski definition) is 8. The first-order chi connectivity index (χ1) is 33.2. The summed E-state index contributed by atoms with van der Waals surface area (Å²) in [6.45, 7) is 2.02. The number of aliphatic hydroxyl groups is 2. The maximum absolute atomic E-state index is 14.5. The van der Waals surface area contributed by atoms with Crippen molar-refractivity contribution in [2.24, 2.45) is 0 Å². The second-order valence-corrected chi connectivity index (χ2v) is 19.4. The molecule has 9 rings (SSSR count). The number of piperidine rings is 2. The van der Waals surface area contributed by atoms with Gasteiger partial charge in [0.25, 0.3) is 11.1 Å². The molecule has 0 radical (unpaired) electrons. The zero-order chi connectivity index (χ0) is 48.3. The van der Waals surface area contributed by atoms with Gasteiger partial charge in [0.15, 0.2) is 0 Å². The molecule has 0 saturated carbocycles. The molecule has 4 amide bonds. The van der Waals surface area contributed by atoms with Crippen LogP contribution in [0.15, 0.2) is 144 Å². The van der Waals surface area contributed by atoms with Gasteiger partial charge in [-0.1, -0.05) is 108 Å². The van der Waals surface area contributed by atoms with Gasteiger partial charge >= 0.3 is 12.1 Å². The molecule has 2 fully saturated rings. The van der Waals surface area contributed by atoms with Gasteiger partial charge in [0, 0.05) is 56.4 Å². The summed E-state index contributed by atoms with van der Waals surface area (Å²) >= 11 is 12.2. The maximum Gasteiger partial charge on any atom is 0.320 e. The number of likely N-dealkylation sites (N-methyl/N-ethyl adjacent to an activating group) is 1. The monoisotopic (exact) mass is 968 g/mol. The van der Waals surface area contributed by atoms with Crippen LogP contribution in [0.4, 0.5) is 9.59 Å². The Morgan fingerprint density at radius 3 is 1.61 bits per heavy atom. The first-order valence-corrected chi connectivity index (χ1v) is 24.0. The lowest BCUT2D eigenvalue weighted by Crippen LogP contribution is -2.52. The summed E-state index contributed by atoms with van der Waals surface area (Å²) in [6.07, 6.45) is 4.52. The van der Waals surface area contributed by atoms with Gasteiger partial charge < -0.3 is 29.8 Å². The number of aromatic nitrogens is 4. The molecule has 0 unspecified atom stereocenters. The number of hydrogen-bond donors (Lipinski definition) is 2. The van der Waals surface area contributed by atoms with Crippen molar-refractivity contribution in [3.05, 3.63) is 187 Å². The average Bonchev–Trinajstić information content (AvgIpc) is 3.35. The number of benzene rings is 5. The minimum Gasteiger partial charge on any atom is -0.388 e. The number of carbonyl (C=O) groups excluding carboxylic acids is 2. The Labute approximate surface area is 409 Å². The summed E-state index contributed by atoms with van der Waals surface area (Å²) in [7, 11) is 1.81. The van der Waals surface area contributed by atoms with E-state index in [0.29, 0.717) is 77.5 Å². The van der Waals surface area contributed by atoms with Crippen molar-refractivity contribution >= 4 is 57.1 Å². The predicted molar refractivity (Wildman–Crippen MR) is 267 cm³/mol. The van der Waals surface area contributed by atoms with E-state index in [-0.39, 0.29) is 68.0 Å². The normalized spacial score (nSPS) is 16.1. The fourth-order valence-electron chi connectivity index (χ4n) is 9.67. The lowest BCUT2D eigenvalue weighted by molar-refractivity contribution is -0.0300. The van der Waals surface area contributed by atoms with Gasteiger partial charge in [-0.15, -0.1) is 0 Å². The van der Waals surface area contributed by atoms with Crippen LogP contribution in [0.5, 0.6) is 0 Å². The highest BCUT2D eigenvalue weighted by Gasteiger charge is 2.38. The lowest BCUT2D eigenvalue weighted by atomic mass is 9.91. The highest BCUT2D eigenvalue weighted by molar-refractivity contribution is 6.31. The molecular formula is C53H54Cl2N8O6. The van der Waals surface area contributed by atoms with Crippen molar-refractivity contribution < 1.29 is 19.8 Å². The molecule has 16 heteroatoms. The highest BCUT2D eigenvalue weighted by Crippen LogP contribution is 2.31. The molecule has 1 atom stereocenters. The third kappa shape index (κ3) is 10.8. The zero-order valence-electron chi connectivity index (χ0n) is 38.3. The van der Waals surface area contributed by atoms with Gasteiger partial charge in [-0.3, -0.25) is 18.7 Å². The number of urea groups is 2. The third-order valence-electron chi connectivity index (χ3n) is 13.7. The van der Waals surface area contributed by atoms with Gasteiger partial charge in [0.05, 0.1) is 64.8 Å². The molecule has 356 valence electrons. The number of halogens is 2. The largest absolute Gasteiger partial charge is 0.388 e. The van der Waals surface area contributed by atoms with E-state index in [1.54, 1.807) is 51.1 Å². The zero-order valence-corrected chi connectivity index (χ0v) is 39.8. The van der Waals surface area contributed by atoms with Gasteiger partial charge in [0.1, 0.15) is 0 Å². The number of amides is 4. The molecule has 14 nitrogen and oxygen atoms in total. The summed E-state index contributed by atoms with van der Waals surface area (Å²) in [6, 6.07) is 37.1. The molecule has 0 spiro atoms. The Morgan fingerprint density at radius 1 is 0.609 bits per heavy atom. The summed E-state index contributed by atoms with van der Waals surface area (Å²) in [5, 5.41) is 25.2.